The highest BCUT2D eigenvalue weighted by molar-refractivity contribution is 7.91. The van der Waals surface area contributed by atoms with Crippen molar-refractivity contribution in [3.63, 3.8) is 0 Å². The molecular weight excluding hydrogens is 306 g/mol. The van der Waals surface area contributed by atoms with Gasteiger partial charge in [-0.1, -0.05) is 0 Å². The molecule has 2 aliphatic heterocycles. The number of urea groups is 1. The molecule has 0 saturated carbocycles. The largest absolute Gasteiger partial charge is 0.383 e. The number of carbonyl (C=O) groups is 1. The first-order valence-electron chi connectivity index (χ1n) is 7.94. The number of sulfone groups is 1. The van der Waals surface area contributed by atoms with Gasteiger partial charge in [0.05, 0.1) is 18.1 Å². The third-order valence-corrected chi connectivity index (χ3v) is 6.19. The average molecular weight is 333 g/mol. The van der Waals surface area contributed by atoms with Crippen LogP contribution in [-0.2, 0) is 14.6 Å². The molecular formula is C14H27N3O4S. The van der Waals surface area contributed by atoms with E-state index >= 15 is 0 Å². The Morgan fingerprint density at radius 2 is 2.09 bits per heavy atom. The van der Waals surface area contributed by atoms with E-state index in [4.69, 9.17) is 4.74 Å². The zero-order valence-corrected chi connectivity index (χ0v) is 14.1. The summed E-state index contributed by atoms with van der Waals surface area (Å²) in [5.74, 6) is 0.531. The number of rotatable bonds is 5. The van der Waals surface area contributed by atoms with E-state index in [9.17, 15) is 13.2 Å². The summed E-state index contributed by atoms with van der Waals surface area (Å²) in [5.41, 5.74) is 0. The van der Waals surface area contributed by atoms with E-state index in [0.717, 1.165) is 32.6 Å². The van der Waals surface area contributed by atoms with Gasteiger partial charge < -0.3 is 15.0 Å². The molecule has 128 valence electrons. The summed E-state index contributed by atoms with van der Waals surface area (Å²) in [6.45, 7) is 5.36. The molecule has 0 aliphatic carbocycles. The summed E-state index contributed by atoms with van der Waals surface area (Å²) < 4.78 is 27.9. The van der Waals surface area contributed by atoms with Gasteiger partial charge in [-0.15, -0.1) is 0 Å². The molecule has 7 nitrogen and oxygen atoms in total. The van der Waals surface area contributed by atoms with Gasteiger partial charge in [0.15, 0.2) is 9.84 Å². The van der Waals surface area contributed by atoms with E-state index in [1.165, 1.54) is 0 Å². The number of carbonyl (C=O) groups excluding carboxylic acids is 1. The van der Waals surface area contributed by atoms with Gasteiger partial charge in [-0.3, -0.25) is 4.90 Å². The number of nitrogens with zero attached hydrogens (tertiary/aromatic N) is 2. The number of nitrogens with one attached hydrogen (secondary N) is 1. The van der Waals surface area contributed by atoms with Crippen LogP contribution < -0.4 is 5.32 Å². The molecule has 0 spiro atoms. The van der Waals surface area contributed by atoms with E-state index < -0.39 is 9.84 Å². The molecule has 0 aromatic carbocycles. The van der Waals surface area contributed by atoms with Crippen LogP contribution in [-0.4, -0.2) is 88.7 Å². The molecule has 0 aromatic rings. The number of hydrogen-bond acceptors (Lipinski definition) is 5. The normalized spacial score (nSPS) is 25.9. The van der Waals surface area contributed by atoms with Crippen LogP contribution in [0.25, 0.3) is 0 Å². The van der Waals surface area contributed by atoms with E-state index in [1.54, 1.807) is 7.11 Å². The van der Waals surface area contributed by atoms with Gasteiger partial charge in [0.25, 0.3) is 0 Å². The lowest BCUT2D eigenvalue weighted by Crippen LogP contribution is -2.43. The van der Waals surface area contributed by atoms with Crippen LogP contribution in [0.1, 0.15) is 12.8 Å². The van der Waals surface area contributed by atoms with Crippen molar-refractivity contribution in [3.05, 3.63) is 0 Å². The summed E-state index contributed by atoms with van der Waals surface area (Å²) in [6, 6.07) is -0.0714. The molecule has 8 heteroatoms. The molecule has 2 heterocycles. The highest BCUT2D eigenvalue weighted by Crippen LogP contribution is 2.17. The third-order valence-electron chi connectivity index (χ3n) is 4.36. The molecule has 2 aliphatic rings. The second kappa shape index (κ2) is 8.12. The van der Waals surface area contributed by atoms with Crippen molar-refractivity contribution in [2.75, 3.05) is 64.5 Å². The van der Waals surface area contributed by atoms with Crippen LogP contribution in [0.15, 0.2) is 0 Å². The van der Waals surface area contributed by atoms with Crippen molar-refractivity contribution in [1.29, 1.82) is 0 Å². The summed E-state index contributed by atoms with van der Waals surface area (Å²) in [4.78, 5) is 16.3. The van der Waals surface area contributed by atoms with Crippen molar-refractivity contribution < 1.29 is 17.9 Å². The fraction of sp³-hybridized carbons (Fsp3) is 0.929. The molecule has 0 bridgehead atoms. The van der Waals surface area contributed by atoms with Crippen LogP contribution in [0.2, 0.25) is 0 Å². The standard InChI is InChI=1S/C14H27N3O4S/c1-21-9-8-16-4-2-5-17(7-6-16)14(18)15-11-13-3-10-22(19,20)12-13/h13H,2-12H2,1H3,(H,15,18). The predicted molar refractivity (Wildman–Crippen MR) is 84.7 cm³/mol. The lowest BCUT2D eigenvalue weighted by atomic mass is 10.1. The van der Waals surface area contributed by atoms with Crippen LogP contribution in [0.5, 0.6) is 0 Å². The maximum atomic E-state index is 12.2. The van der Waals surface area contributed by atoms with Gasteiger partial charge in [-0.05, 0) is 25.3 Å². The number of methoxy groups -OCH3 is 1. The fourth-order valence-corrected chi connectivity index (χ4v) is 4.86. The second-order valence-electron chi connectivity index (χ2n) is 6.13. The quantitative estimate of drug-likeness (QED) is 0.753. The highest BCUT2D eigenvalue weighted by Gasteiger charge is 2.28. The molecule has 2 saturated heterocycles. The molecule has 0 radical (unpaired) electrons. The average Bonchev–Trinajstić information content (AvgIpc) is 2.70. The van der Waals surface area contributed by atoms with Crippen LogP contribution in [0, 0.1) is 5.92 Å². The van der Waals surface area contributed by atoms with Crippen molar-refractivity contribution in [1.82, 2.24) is 15.1 Å². The molecule has 1 atom stereocenters. The Morgan fingerprint density at radius 1 is 1.27 bits per heavy atom. The summed E-state index contributed by atoms with van der Waals surface area (Å²) in [6.07, 6.45) is 1.61. The second-order valence-corrected chi connectivity index (χ2v) is 8.36. The Morgan fingerprint density at radius 3 is 2.77 bits per heavy atom. The molecule has 0 aromatic heterocycles. The van der Waals surface area contributed by atoms with Gasteiger partial charge in [0.1, 0.15) is 0 Å². The maximum Gasteiger partial charge on any atom is 0.317 e. The highest BCUT2D eigenvalue weighted by atomic mass is 32.2. The first-order valence-corrected chi connectivity index (χ1v) is 9.77. The molecule has 2 fully saturated rings. The topological polar surface area (TPSA) is 79.0 Å². The maximum absolute atomic E-state index is 12.2. The lowest BCUT2D eigenvalue weighted by molar-refractivity contribution is 0.149. The first-order chi connectivity index (χ1) is 10.5. The van der Waals surface area contributed by atoms with Crippen LogP contribution >= 0.6 is 0 Å². The van der Waals surface area contributed by atoms with Crippen molar-refractivity contribution >= 4 is 15.9 Å². The van der Waals surface area contributed by atoms with E-state index in [-0.39, 0.29) is 23.5 Å². The third kappa shape index (κ3) is 5.40. The minimum Gasteiger partial charge on any atom is -0.383 e. The number of amides is 2. The van der Waals surface area contributed by atoms with E-state index in [1.807, 2.05) is 4.90 Å². The molecule has 22 heavy (non-hydrogen) atoms. The predicted octanol–water partition coefficient (Wildman–Crippen LogP) is -0.215. The smallest absolute Gasteiger partial charge is 0.317 e. The van der Waals surface area contributed by atoms with Gasteiger partial charge in [0.2, 0.25) is 0 Å². The van der Waals surface area contributed by atoms with Gasteiger partial charge >= 0.3 is 6.03 Å². The van der Waals surface area contributed by atoms with Crippen LogP contribution in [0.3, 0.4) is 0 Å². The van der Waals surface area contributed by atoms with Crippen LogP contribution in [0.4, 0.5) is 4.79 Å². The zero-order valence-electron chi connectivity index (χ0n) is 13.3. The summed E-state index contributed by atoms with van der Waals surface area (Å²) >= 11 is 0. The van der Waals surface area contributed by atoms with Gasteiger partial charge in [0, 0.05) is 39.8 Å². The Balaban J connectivity index is 1.71. The molecule has 2 rings (SSSR count). The van der Waals surface area contributed by atoms with E-state index in [2.05, 4.69) is 10.2 Å². The SMILES string of the molecule is COCCN1CCCN(C(=O)NCC2CCS(=O)(=O)C2)CC1. The summed E-state index contributed by atoms with van der Waals surface area (Å²) in [5, 5.41) is 2.90. The summed E-state index contributed by atoms with van der Waals surface area (Å²) in [7, 11) is -1.18. The molecule has 2 amide bonds. The van der Waals surface area contributed by atoms with E-state index in [0.29, 0.717) is 26.1 Å². The molecule has 1 unspecified atom stereocenters. The lowest BCUT2D eigenvalue weighted by Gasteiger charge is -2.22. The Hall–Kier alpha value is -0.860. The first kappa shape index (κ1) is 17.5. The zero-order chi connectivity index (χ0) is 16.0. The Bertz CT molecular complexity index is 469. The van der Waals surface area contributed by atoms with Gasteiger partial charge in [-0.25, -0.2) is 13.2 Å². The minimum atomic E-state index is -2.87. The molecule has 1 N–H and O–H groups in total. The minimum absolute atomic E-state index is 0.0686. The van der Waals surface area contributed by atoms with Crippen molar-refractivity contribution in [2.24, 2.45) is 5.92 Å². The number of ether oxygens (including phenoxy) is 1. The Kier molecular flexibility index (Phi) is 6.46. The fourth-order valence-electron chi connectivity index (χ4n) is 2.99. The number of hydrogen-bond donors (Lipinski definition) is 1. The van der Waals surface area contributed by atoms with Crippen molar-refractivity contribution in [2.45, 2.75) is 12.8 Å². The van der Waals surface area contributed by atoms with Crippen molar-refractivity contribution in [3.8, 4) is 0 Å². The Labute approximate surface area is 132 Å². The van der Waals surface area contributed by atoms with Gasteiger partial charge in [-0.2, -0.15) is 0 Å². The monoisotopic (exact) mass is 333 g/mol.